The van der Waals surface area contributed by atoms with Gasteiger partial charge in [0.05, 0.1) is 0 Å². The number of carbonyl (C=O) groups excluding carboxylic acids is 3. The lowest BCUT2D eigenvalue weighted by molar-refractivity contribution is -0.169. The van der Waals surface area contributed by atoms with Gasteiger partial charge in [-0.05, 0) is 18.4 Å². The van der Waals surface area contributed by atoms with Crippen molar-refractivity contribution in [3.63, 3.8) is 0 Å². The van der Waals surface area contributed by atoms with Gasteiger partial charge in [-0.25, -0.2) is 4.79 Å². The van der Waals surface area contributed by atoms with E-state index in [9.17, 15) is 14.4 Å². The zero-order chi connectivity index (χ0) is 18.2. The van der Waals surface area contributed by atoms with Crippen molar-refractivity contribution in [2.75, 3.05) is 0 Å². The molecule has 0 heterocycles. The highest BCUT2D eigenvalue weighted by molar-refractivity contribution is 5.68. The molecule has 1 N–H and O–H groups in total. The number of rotatable bonds is 5. The summed E-state index contributed by atoms with van der Waals surface area (Å²) in [5.41, 5.74) is 0.897. The second-order valence-electron chi connectivity index (χ2n) is 6.01. The van der Waals surface area contributed by atoms with Crippen LogP contribution >= 0.6 is 0 Å². The molecular weight excluding hydrogens is 326 g/mol. The van der Waals surface area contributed by atoms with Crippen LogP contribution in [-0.4, -0.2) is 36.3 Å². The molecule has 1 aliphatic carbocycles. The number of ether oxygens (including phenoxy) is 3. The first-order chi connectivity index (χ1) is 11.9. The number of amides is 1. The van der Waals surface area contributed by atoms with Gasteiger partial charge in [-0.15, -0.1) is 0 Å². The van der Waals surface area contributed by atoms with E-state index in [-0.39, 0.29) is 12.6 Å². The Morgan fingerprint density at radius 1 is 1.00 bits per heavy atom. The van der Waals surface area contributed by atoms with Crippen LogP contribution in [0.1, 0.15) is 38.7 Å². The average molecular weight is 349 g/mol. The standard InChI is InChI=1S/C18H23NO6/c1-12(20)24-16-9-8-15(10-17(16)25-13(2)21)19-18(22)23-11-14-6-4-3-5-7-14/h3-7,15-17H,8-11H2,1-2H3,(H,19,22)/t15-,16-,17-/m1/s1. The van der Waals surface area contributed by atoms with Crippen molar-refractivity contribution < 1.29 is 28.6 Å². The minimum atomic E-state index is -0.574. The fraction of sp³-hybridized carbons (Fsp3) is 0.500. The molecule has 1 fully saturated rings. The number of hydrogen-bond acceptors (Lipinski definition) is 6. The number of carbonyl (C=O) groups is 3. The van der Waals surface area contributed by atoms with Crippen LogP contribution in [0.3, 0.4) is 0 Å². The summed E-state index contributed by atoms with van der Waals surface area (Å²) < 4.78 is 15.6. The van der Waals surface area contributed by atoms with Crippen molar-refractivity contribution in [1.29, 1.82) is 0 Å². The van der Waals surface area contributed by atoms with E-state index in [0.29, 0.717) is 19.3 Å². The molecule has 7 heteroatoms. The number of nitrogens with one attached hydrogen (secondary N) is 1. The Morgan fingerprint density at radius 2 is 1.64 bits per heavy atom. The quantitative estimate of drug-likeness (QED) is 0.648. The molecular formula is C18H23NO6. The summed E-state index contributed by atoms with van der Waals surface area (Å²) in [6.07, 6.45) is -0.106. The SMILES string of the molecule is CC(=O)O[C@@H]1CC[C@@H](NC(=O)OCc2ccccc2)C[C@H]1OC(C)=O. The van der Waals surface area contributed by atoms with E-state index in [4.69, 9.17) is 14.2 Å². The van der Waals surface area contributed by atoms with Crippen LogP contribution in [0.15, 0.2) is 30.3 Å². The average Bonchev–Trinajstić information content (AvgIpc) is 2.55. The van der Waals surface area contributed by atoms with Gasteiger partial charge in [0.2, 0.25) is 0 Å². The molecule has 1 saturated carbocycles. The molecule has 0 aromatic heterocycles. The zero-order valence-electron chi connectivity index (χ0n) is 14.4. The smallest absolute Gasteiger partial charge is 0.407 e. The maximum Gasteiger partial charge on any atom is 0.407 e. The number of benzene rings is 1. The van der Waals surface area contributed by atoms with Crippen LogP contribution < -0.4 is 5.32 Å². The van der Waals surface area contributed by atoms with Gasteiger partial charge in [0.15, 0.2) is 0 Å². The Morgan fingerprint density at radius 3 is 2.28 bits per heavy atom. The highest BCUT2D eigenvalue weighted by Gasteiger charge is 2.35. The highest BCUT2D eigenvalue weighted by Crippen LogP contribution is 2.25. The summed E-state index contributed by atoms with van der Waals surface area (Å²) in [6, 6.07) is 9.16. The third-order valence-electron chi connectivity index (χ3n) is 3.90. The molecule has 0 radical (unpaired) electrons. The Hall–Kier alpha value is -2.57. The van der Waals surface area contributed by atoms with Crippen molar-refractivity contribution in [2.24, 2.45) is 0 Å². The Bertz CT molecular complexity index is 603. The molecule has 3 atom stereocenters. The molecule has 1 amide bonds. The van der Waals surface area contributed by atoms with E-state index in [1.54, 1.807) is 0 Å². The van der Waals surface area contributed by atoms with Crippen molar-refractivity contribution in [2.45, 2.75) is 58.0 Å². The minimum absolute atomic E-state index is 0.183. The molecule has 0 saturated heterocycles. The van der Waals surface area contributed by atoms with Crippen LogP contribution in [0.25, 0.3) is 0 Å². The van der Waals surface area contributed by atoms with E-state index in [1.807, 2.05) is 30.3 Å². The molecule has 136 valence electrons. The molecule has 0 aliphatic heterocycles. The van der Waals surface area contributed by atoms with Gasteiger partial charge < -0.3 is 19.5 Å². The Kier molecular flexibility index (Phi) is 6.80. The summed E-state index contributed by atoms with van der Waals surface area (Å²) in [7, 11) is 0. The second kappa shape index (κ2) is 9.05. The molecule has 2 rings (SSSR count). The van der Waals surface area contributed by atoms with Gasteiger partial charge in [0, 0.05) is 26.3 Å². The predicted molar refractivity (Wildman–Crippen MR) is 88.5 cm³/mol. The highest BCUT2D eigenvalue weighted by atomic mass is 16.6. The van der Waals surface area contributed by atoms with Gasteiger partial charge in [0.1, 0.15) is 18.8 Å². The van der Waals surface area contributed by atoms with E-state index in [0.717, 1.165) is 5.56 Å². The maximum absolute atomic E-state index is 11.9. The first-order valence-electron chi connectivity index (χ1n) is 8.25. The molecule has 0 bridgehead atoms. The first kappa shape index (κ1) is 18.8. The third kappa shape index (κ3) is 6.45. The number of alkyl carbamates (subject to hydrolysis) is 1. The molecule has 25 heavy (non-hydrogen) atoms. The molecule has 1 aromatic carbocycles. The van der Waals surface area contributed by atoms with Crippen LogP contribution in [0.2, 0.25) is 0 Å². The summed E-state index contributed by atoms with van der Waals surface area (Å²) in [5.74, 6) is -0.870. The molecule has 0 unspecified atom stereocenters. The Labute approximate surface area is 146 Å². The number of esters is 2. The van der Waals surface area contributed by atoms with Crippen molar-refractivity contribution in [3.05, 3.63) is 35.9 Å². The second-order valence-corrected chi connectivity index (χ2v) is 6.01. The van der Waals surface area contributed by atoms with Crippen LogP contribution in [-0.2, 0) is 30.4 Å². The van der Waals surface area contributed by atoms with Crippen LogP contribution in [0.5, 0.6) is 0 Å². The van der Waals surface area contributed by atoms with Crippen molar-refractivity contribution in [1.82, 2.24) is 5.32 Å². The lowest BCUT2D eigenvalue weighted by Gasteiger charge is -2.34. The lowest BCUT2D eigenvalue weighted by atomic mass is 9.90. The van der Waals surface area contributed by atoms with E-state index >= 15 is 0 Å². The lowest BCUT2D eigenvalue weighted by Crippen LogP contribution is -2.47. The largest absolute Gasteiger partial charge is 0.459 e. The fourth-order valence-electron chi connectivity index (χ4n) is 2.85. The Balaban J connectivity index is 1.84. The fourth-order valence-corrected chi connectivity index (χ4v) is 2.85. The molecule has 1 aliphatic rings. The van der Waals surface area contributed by atoms with Gasteiger partial charge >= 0.3 is 18.0 Å². The van der Waals surface area contributed by atoms with Gasteiger partial charge in [0.25, 0.3) is 0 Å². The maximum atomic E-state index is 11.9. The van der Waals surface area contributed by atoms with Crippen molar-refractivity contribution >= 4 is 18.0 Å². The monoisotopic (exact) mass is 349 g/mol. The minimum Gasteiger partial charge on any atom is -0.459 e. The van der Waals surface area contributed by atoms with Gasteiger partial charge in [-0.3, -0.25) is 9.59 Å². The van der Waals surface area contributed by atoms with Gasteiger partial charge in [-0.2, -0.15) is 0 Å². The third-order valence-corrected chi connectivity index (χ3v) is 3.90. The van der Waals surface area contributed by atoms with E-state index < -0.39 is 30.2 Å². The zero-order valence-corrected chi connectivity index (χ0v) is 14.4. The topological polar surface area (TPSA) is 90.9 Å². The summed E-state index contributed by atoms with van der Waals surface area (Å²) >= 11 is 0. The number of hydrogen-bond donors (Lipinski definition) is 1. The normalized spacial score (nSPS) is 22.6. The summed E-state index contributed by atoms with van der Waals surface area (Å²) in [5, 5.41) is 2.77. The van der Waals surface area contributed by atoms with Crippen molar-refractivity contribution in [3.8, 4) is 0 Å². The molecule has 7 nitrogen and oxygen atoms in total. The van der Waals surface area contributed by atoms with E-state index in [2.05, 4.69) is 5.32 Å². The van der Waals surface area contributed by atoms with Crippen LogP contribution in [0, 0.1) is 0 Å². The van der Waals surface area contributed by atoms with E-state index in [1.165, 1.54) is 13.8 Å². The summed E-state index contributed by atoms with van der Waals surface area (Å²) in [4.78, 5) is 34.4. The first-order valence-corrected chi connectivity index (χ1v) is 8.25. The van der Waals surface area contributed by atoms with Gasteiger partial charge in [-0.1, -0.05) is 30.3 Å². The predicted octanol–water partition coefficient (Wildman–Crippen LogP) is 2.33. The summed E-state index contributed by atoms with van der Waals surface area (Å²) in [6.45, 7) is 2.80. The molecule has 0 spiro atoms. The molecule has 1 aromatic rings. The van der Waals surface area contributed by atoms with Crippen LogP contribution in [0.4, 0.5) is 4.79 Å².